The molecule has 2 rings (SSSR count). The van der Waals surface area contributed by atoms with Gasteiger partial charge in [-0.2, -0.15) is 0 Å². The summed E-state index contributed by atoms with van der Waals surface area (Å²) in [7, 11) is 0. The minimum absolute atomic E-state index is 0. The molecule has 0 saturated carbocycles. The van der Waals surface area contributed by atoms with Crippen LogP contribution in [0.1, 0.15) is 66.2 Å². The van der Waals surface area contributed by atoms with Crippen LogP contribution in [-0.4, -0.2) is 23.7 Å². The summed E-state index contributed by atoms with van der Waals surface area (Å²) in [6.07, 6.45) is 7.27. The molecule has 0 aliphatic rings. The summed E-state index contributed by atoms with van der Waals surface area (Å²) >= 11 is 0. The van der Waals surface area contributed by atoms with Gasteiger partial charge in [-0.25, -0.2) is 9.59 Å². The van der Waals surface area contributed by atoms with E-state index in [1.165, 1.54) is 56.4 Å². The Labute approximate surface area is 172 Å². The largest absolute Gasteiger partial charge is 0.494 e. The van der Waals surface area contributed by atoms with Crippen molar-refractivity contribution in [2.75, 3.05) is 6.61 Å². The van der Waals surface area contributed by atoms with Gasteiger partial charge in [-0.15, -0.1) is 12.4 Å². The van der Waals surface area contributed by atoms with Gasteiger partial charge in [0.05, 0.1) is 17.7 Å². The number of halogens is 1. The molecule has 0 aliphatic heterocycles. The van der Waals surface area contributed by atoms with E-state index in [-0.39, 0.29) is 18.0 Å². The van der Waals surface area contributed by atoms with Crippen molar-refractivity contribution in [3.8, 4) is 11.5 Å². The van der Waals surface area contributed by atoms with Crippen molar-refractivity contribution in [2.45, 2.75) is 45.4 Å². The molecule has 5 nitrogen and oxygen atoms in total. The van der Waals surface area contributed by atoms with E-state index in [0.717, 1.165) is 12.2 Å². The minimum Gasteiger partial charge on any atom is -0.494 e. The molecule has 1 N–H and O–H groups in total. The van der Waals surface area contributed by atoms with Crippen LogP contribution in [0, 0.1) is 0 Å². The Hall–Kier alpha value is -2.53. The summed E-state index contributed by atoms with van der Waals surface area (Å²) in [5.74, 6) is -0.496. The number of aromatic carboxylic acids is 1. The number of unbranched alkanes of at least 4 members (excludes halogenated alkanes) is 5. The summed E-state index contributed by atoms with van der Waals surface area (Å²) in [6, 6.07) is 12.5. The van der Waals surface area contributed by atoms with Crippen molar-refractivity contribution in [1.82, 2.24) is 0 Å². The first-order chi connectivity index (χ1) is 13.1. The summed E-state index contributed by atoms with van der Waals surface area (Å²) in [6.45, 7) is 2.88. The Bertz CT molecular complexity index is 726. The molecule has 6 heteroatoms. The molecule has 0 bridgehead atoms. The Morgan fingerprint density at radius 2 is 1.32 bits per heavy atom. The normalized spacial score (nSPS) is 10.0. The molecule has 2 aromatic rings. The first-order valence-corrected chi connectivity index (χ1v) is 9.38. The molecule has 0 radical (unpaired) electrons. The monoisotopic (exact) mass is 406 g/mol. The molecule has 0 atom stereocenters. The van der Waals surface area contributed by atoms with Crippen molar-refractivity contribution in [1.29, 1.82) is 0 Å². The maximum atomic E-state index is 12.2. The molecule has 0 aliphatic carbocycles. The standard InChI is InChI=1S/C22H26O5.ClH/c1-2-3-4-5-6-7-16-26-19-12-10-18(11-13-19)22(25)27-20-14-8-17(9-15-20)21(23)24;/h8-15H,2-7,16H2,1H3,(H,23,24);1H. The maximum absolute atomic E-state index is 12.2. The predicted molar refractivity (Wildman–Crippen MR) is 111 cm³/mol. The molecule has 152 valence electrons. The number of rotatable bonds is 11. The lowest BCUT2D eigenvalue weighted by Gasteiger charge is -2.08. The molecule has 0 amide bonds. The van der Waals surface area contributed by atoms with Crippen LogP contribution in [0.3, 0.4) is 0 Å². The van der Waals surface area contributed by atoms with E-state index in [0.29, 0.717) is 17.9 Å². The van der Waals surface area contributed by atoms with Gasteiger partial charge in [-0.3, -0.25) is 0 Å². The molecular weight excluding hydrogens is 380 g/mol. The van der Waals surface area contributed by atoms with Gasteiger partial charge in [0.25, 0.3) is 0 Å². The van der Waals surface area contributed by atoms with Crippen molar-refractivity contribution >= 4 is 24.3 Å². The number of carbonyl (C=O) groups excluding carboxylic acids is 1. The molecular formula is C22H27ClO5. The highest BCUT2D eigenvalue weighted by molar-refractivity contribution is 5.91. The number of benzene rings is 2. The summed E-state index contributed by atoms with van der Waals surface area (Å²) in [5, 5.41) is 8.87. The van der Waals surface area contributed by atoms with E-state index in [2.05, 4.69) is 6.92 Å². The smallest absolute Gasteiger partial charge is 0.343 e. The molecule has 0 saturated heterocycles. The third-order valence-electron chi connectivity index (χ3n) is 4.17. The number of hydrogen-bond donors (Lipinski definition) is 1. The van der Waals surface area contributed by atoms with Crippen LogP contribution in [0.2, 0.25) is 0 Å². The Morgan fingerprint density at radius 3 is 1.93 bits per heavy atom. The lowest BCUT2D eigenvalue weighted by molar-refractivity contribution is 0.0696. The molecule has 2 aromatic carbocycles. The lowest BCUT2D eigenvalue weighted by atomic mass is 10.1. The van der Waals surface area contributed by atoms with E-state index in [4.69, 9.17) is 14.6 Å². The molecule has 0 heterocycles. The SMILES string of the molecule is CCCCCCCCOc1ccc(C(=O)Oc2ccc(C(=O)O)cc2)cc1.Cl. The number of carboxylic acid groups (broad SMARTS) is 1. The van der Waals surface area contributed by atoms with Crippen LogP contribution in [0.5, 0.6) is 11.5 Å². The number of carboxylic acids is 1. The molecule has 28 heavy (non-hydrogen) atoms. The third-order valence-corrected chi connectivity index (χ3v) is 4.17. The zero-order valence-electron chi connectivity index (χ0n) is 16.1. The fourth-order valence-corrected chi connectivity index (χ4v) is 2.59. The number of esters is 1. The molecule has 0 spiro atoms. The van der Waals surface area contributed by atoms with Gasteiger partial charge < -0.3 is 14.6 Å². The van der Waals surface area contributed by atoms with E-state index >= 15 is 0 Å². The van der Waals surface area contributed by atoms with Crippen molar-refractivity contribution in [2.24, 2.45) is 0 Å². The van der Waals surface area contributed by atoms with Gasteiger partial charge in [0.2, 0.25) is 0 Å². The van der Waals surface area contributed by atoms with E-state index in [1.807, 2.05) is 0 Å². The average Bonchev–Trinajstić information content (AvgIpc) is 2.68. The highest BCUT2D eigenvalue weighted by atomic mass is 35.5. The number of carbonyl (C=O) groups is 2. The summed E-state index contributed by atoms with van der Waals surface area (Å²) < 4.78 is 10.9. The van der Waals surface area contributed by atoms with Crippen molar-refractivity contribution in [3.63, 3.8) is 0 Å². The third kappa shape index (κ3) is 8.01. The van der Waals surface area contributed by atoms with Gasteiger partial charge in [-0.1, -0.05) is 39.0 Å². The van der Waals surface area contributed by atoms with Gasteiger partial charge in [0, 0.05) is 0 Å². The Balaban J connectivity index is 0.00000392. The fourth-order valence-electron chi connectivity index (χ4n) is 2.59. The highest BCUT2D eigenvalue weighted by Gasteiger charge is 2.10. The second kappa shape index (κ2) is 12.8. The minimum atomic E-state index is -1.02. The first-order valence-electron chi connectivity index (χ1n) is 9.38. The van der Waals surface area contributed by atoms with Crippen LogP contribution < -0.4 is 9.47 Å². The second-order valence-electron chi connectivity index (χ2n) is 6.36. The Kier molecular flexibility index (Phi) is 10.7. The van der Waals surface area contributed by atoms with Gasteiger partial charge in [0.15, 0.2) is 0 Å². The molecule has 0 aromatic heterocycles. The predicted octanol–water partition coefficient (Wildman–Crippen LogP) is 5.77. The lowest BCUT2D eigenvalue weighted by Crippen LogP contribution is -2.08. The maximum Gasteiger partial charge on any atom is 0.343 e. The van der Waals surface area contributed by atoms with Crippen molar-refractivity contribution < 1.29 is 24.2 Å². The van der Waals surface area contributed by atoms with Gasteiger partial charge in [-0.05, 0) is 55.0 Å². The Morgan fingerprint density at radius 1 is 0.786 bits per heavy atom. The first kappa shape index (κ1) is 23.5. The summed E-state index contributed by atoms with van der Waals surface area (Å²) in [4.78, 5) is 23.0. The quantitative estimate of drug-likeness (QED) is 0.291. The van der Waals surface area contributed by atoms with Crippen molar-refractivity contribution in [3.05, 3.63) is 59.7 Å². The van der Waals surface area contributed by atoms with Gasteiger partial charge in [0.1, 0.15) is 11.5 Å². The zero-order valence-corrected chi connectivity index (χ0v) is 16.9. The van der Waals surface area contributed by atoms with Crippen LogP contribution in [0.25, 0.3) is 0 Å². The van der Waals surface area contributed by atoms with Crippen LogP contribution >= 0.6 is 12.4 Å². The van der Waals surface area contributed by atoms with Crippen LogP contribution in [0.4, 0.5) is 0 Å². The topological polar surface area (TPSA) is 72.8 Å². The van der Waals surface area contributed by atoms with E-state index in [9.17, 15) is 9.59 Å². The number of hydrogen-bond acceptors (Lipinski definition) is 4. The van der Waals surface area contributed by atoms with E-state index < -0.39 is 11.9 Å². The fraction of sp³-hybridized carbons (Fsp3) is 0.364. The van der Waals surface area contributed by atoms with Crippen LogP contribution in [-0.2, 0) is 0 Å². The molecule has 0 fully saturated rings. The second-order valence-corrected chi connectivity index (χ2v) is 6.36. The number of ether oxygens (including phenoxy) is 2. The highest BCUT2D eigenvalue weighted by Crippen LogP contribution is 2.17. The van der Waals surface area contributed by atoms with Crippen LogP contribution in [0.15, 0.2) is 48.5 Å². The average molecular weight is 407 g/mol. The molecule has 0 unspecified atom stereocenters. The van der Waals surface area contributed by atoms with Gasteiger partial charge >= 0.3 is 11.9 Å². The van der Waals surface area contributed by atoms with E-state index in [1.54, 1.807) is 24.3 Å². The zero-order chi connectivity index (χ0) is 19.5. The summed E-state index contributed by atoms with van der Waals surface area (Å²) in [5.41, 5.74) is 0.547.